The Morgan fingerprint density at radius 2 is 2.05 bits per heavy atom. The van der Waals surface area contributed by atoms with Gasteiger partial charge in [-0.15, -0.1) is 0 Å². The van der Waals surface area contributed by atoms with Crippen LogP contribution in [0.25, 0.3) is 0 Å². The van der Waals surface area contributed by atoms with Gasteiger partial charge in [0.1, 0.15) is 5.82 Å². The number of rotatable bonds is 5. The fraction of sp³-hybridized carbons (Fsp3) is 0.429. The van der Waals surface area contributed by atoms with Gasteiger partial charge in [0.25, 0.3) is 5.69 Å². The van der Waals surface area contributed by atoms with Gasteiger partial charge in [-0.05, 0) is 31.9 Å². The highest BCUT2D eigenvalue weighted by Crippen LogP contribution is 2.27. The zero-order chi connectivity index (χ0) is 15.6. The number of nitrogens with one attached hydrogen (secondary N) is 2. The average molecular weight is 289 g/mol. The molecule has 0 radical (unpaired) electrons. The summed E-state index contributed by atoms with van der Waals surface area (Å²) in [6.45, 7) is 7.72. The van der Waals surface area contributed by atoms with Gasteiger partial charge >= 0.3 is 0 Å². The summed E-state index contributed by atoms with van der Waals surface area (Å²) in [4.78, 5) is 14.8. The van der Waals surface area contributed by atoms with Crippen LogP contribution in [-0.4, -0.2) is 20.1 Å². The first-order chi connectivity index (χ1) is 9.88. The molecule has 1 aromatic heterocycles. The van der Waals surface area contributed by atoms with E-state index >= 15 is 0 Å². The van der Waals surface area contributed by atoms with Crippen molar-refractivity contribution in [2.75, 3.05) is 5.32 Å². The highest BCUT2D eigenvalue weighted by Gasteiger charge is 2.20. The van der Waals surface area contributed by atoms with Crippen molar-refractivity contribution in [3.8, 4) is 0 Å². The lowest BCUT2D eigenvalue weighted by Crippen LogP contribution is -2.18. The Hall–Kier alpha value is -2.44. The number of nitrogens with zero attached hydrogens (tertiary/aromatic N) is 3. The minimum absolute atomic E-state index is 0.0594. The van der Waals surface area contributed by atoms with Crippen molar-refractivity contribution in [2.24, 2.45) is 5.92 Å². The maximum absolute atomic E-state index is 10.8. The molecule has 0 spiro atoms. The molecule has 7 heteroatoms. The molecule has 2 aromatic rings. The number of nitro groups is 1. The molecule has 21 heavy (non-hydrogen) atoms. The zero-order valence-electron chi connectivity index (χ0n) is 12.5. The quantitative estimate of drug-likeness (QED) is 0.651. The van der Waals surface area contributed by atoms with E-state index in [2.05, 4.69) is 34.3 Å². The van der Waals surface area contributed by atoms with Crippen LogP contribution in [-0.2, 0) is 0 Å². The van der Waals surface area contributed by atoms with Crippen LogP contribution in [0.1, 0.15) is 37.1 Å². The van der Waals surface area contributed by atoms with Crippen LogP contribution in [0.2, 0.25) is 0 Å². The molecule has 1 aromatic carbocycles. The average Bonchev–Trinajstić information content (AvgIpc) is 2.81. The van der Waals surface area contributed by atoms with E-state index in [-0.39, 0.29) is 22.6 Å². The second-order valence-electron chi connectivity index (χ2n) is 5.40. The number of H-pyrrole nitrogens is 1. The lowest BCUT2D eigenvalue weighted by atomic mass is 10.0. The maximum Gasteiger partial charge on any atom is 0.272 e. The molecule has 2 N–H and O–H groups in total. The number of hydrogen-bond acceptors (Lipinski definition) is 5. The topological polar surface area (TPSA) is 96.7 Å². The van der Waals surface area contributed by atoms with Gasteiger partial charge in [-0.1, -0.05) is 13.8 Å². The Labute approximate surface area is 122 Å². The maximum atomic E-state index is 10.8. The van der Waals surface area contributed by atoms with Gasteiger partial charge in [0.15, 0.2) is 5.82 Å². The van der Waals surface area contributed by atoms with Crippen LogP contribution in [0.5, 0.6) is 0 Å². The van der Waals surface area contributed by atoms with Crippen molar-refractivity contribution < 1.29 is 4.92 Å². The largest absolute Gasteiger partial charge is 0.375 e. The SMILES string of the molecule is Cc1nc([C@@H](Nc2ccc([N+](=O)[O-])c(C)c2)C(C)C)n[nH]1. The zero-order valence-corrected chi connectivity index (χ0v) is 12.5. The van der Waals surface area contributed by atoms with Crippen molar-refractivity contribution in [2.45, 2.75) is 33.7 Å². The predicted molar refractivity (Wildman–Crippen MR) is 80.2 cm³/mol. The highest BCUT2D eigenvalue weighted by molar-refractivity contribution is 5.54. The van der Waals surface area contributed by atoms with E-state index in [1.807, 2.05) is 6.92 Å². The predicted octanol–water partition coefficient (Wildman–Crippen LogP) is 3.14. The van der Waals surface area contributed by atoms with Gasteiger partial charge in [0, 0.05) is 17.3 Å². The second kappa shape index (κ2) is 5.90. The molecule has 0 fully saturated rings. The molecule has 0 bridgehead atoms. The fourth-order valence-electron chi connectivity index (χ4n) is 2.16. The number of hydrogen-bond donors (Lipinski definition) is 2. The van der Waals surface area contributed by atoms with E-state index in [9.17, 15) is 10.1 Å². The Bertz CT molecular complexity index is 651. The molecule has 1 heterocycles. The van der Waals surface area contributed by atoms with E-state index in [1.165, 1.54) is 6.07 Å². The Kier molecular flexibility index (Phi) is 4.21. The van der Waals surface area contributed by atoms with Crippen LogP contribution < -0.4 is 5.32 Å². The van der Waals surface area contributed by atoms with E-state index < -0.39 is 0 Å². The molecule has 0 amide bonds. The van der Waals surface area contributed by atoms with Gasteiger partial charge in [-0.2, -0.15) is 5.10 Å². The molecular weight excluding hydrogens is 270 g/mol. The van der Waals surface area contributed by atoms with Crippen molar-refractivity contribution in [1.29, 1.82) is 0 Å². The van der Waals surface area contributed by atoms with Gasteiger partial charge in [-0.25, -0.2) is 4.98 Å². The third kappa shape index (κ3) is 3.36. The van der Waals surface area contributed by atoms with Crippen LogP contribution in [0.4, 0.5) is 11.4 Å². The van der Waals surface area contributed by atoms with Gasteiger partial charge in [0.05, 0.1) is 11.0 Å². The Morgan fingerprint density at radius 1 is 1.33 bits per heavy atom. The number of anilines is 1. The number of aromatic amines is 1. The first-order valence-electron chi connectivity index (χ1n) is 6.79. The summed E-state index contributed by atoms with van der Waals surface area (Å²) in [5.41, 5.74) is 1.56. The van der Waals surface area contributed by atoms with Crippen LogP contribution in [0.15, 0.2) is 18.2 Å². The number of benzene rings is 1. The van der Waals surface area contributed by atoms with E-state index in [0.29, 0.717) is 11.4 Å². The molecule has 2 rings (SSSR count). The number of aromatic nitrogens is 3. The summed E-state index contributed by atoms with van der Waals surface area (Å²) < 4.78 is 0. The summed E-state index contributed by atoms with van der Waals surface area (Å²) in [5, 5.41) is 21.2. The molecular formula is C14H19N5O2. The third-order valence-electron chi connectivity index (χ3n) is 3.28. The summed E-state index contributed by atoms with van der Waals surface area (Å²) in [6.07, 6.45) is 0. The van der Waals surface area contributed by atoms with Crippen molar-refractivity contribution >= 4 is 11.4 Å². The molecule has 0 saturated carbocycles. The molecule has 0 aliphatic heterocycles. The first-order valence-corrected chi connectivity index (χ1v) is 6.79. The minimum atomic E-state index is -0.377. The van der Waals surface area contributed by atoms with Gasteiger partial charge < -0.3 is 5.32 Å². The normalized spacial score (nSPS) is 12.4. The summed E-state index contributed by atoms with van der Waals surface area (Å²) in [5.74, 6) is 1.73. The van der Waals surface area contributed by atoms with Crippen molar-refractivity contribution in [1.82, 2.24) is 15.2 Å². The first kappa shape index (κ1) is 15.0. The monoisotopic (exact) mass is 289 g/mol. The number of aryl methyl sites for hydroxylation is 2. The molecule has 1 atom stereocenters. The smallest absolute Gasteiger partial charge is 0.272 e. The standard InChI is InChI=1S/C14H19N5O2/c1-8(2)13(14-15-10(4)17-18-14)16-11-5-6-12(19(20)21)9(3)7-11/h5-8,13,16H,1-4H3,(H,15,17,18)/t13-/m0/s1. The van der Waals surface area contributed by atoms with Crippen LogP contribution >= 0.6 is 0 Å². The summed E-state index contributed by atoms with van der Waals surface area (Å²) in [6, 6.07) is 4.93. The van der Waals surface area contributed by atoms with E-state index in [4.69, 9.17) is 0 Å². The molecule has 0 unspecified atom stereocenters. The Morgan fingerprint density at radius 3 is 2.52 bits per heavy atom. The van der Waals surface area contributed by atoms with Crippen LogP contribution in [0, 0.1) is 29.9 Å². The van der Waals surface area contributed by atoms with Crippen LogP contribution in [0.3, 0.4) is 0 Å². The van der Waals surface area contributed by atoms with Gasteiger partial charge in [0.2, 0.25) is 0 Å². The lowest BCUT2D eigenvalue weighted by molar-refractivity contribution is -0.385. The van der Waals surface area contributed by atoms with Gasteiger partial charge in [-0.3, -0.25) is 15.2 Å². The minimum Gasteiger partial charge on any atom is -0.375 e. The lowest BCUT2D eigenvalue weighted by Gasteiger charge is -2.20. The molecule has 7 nitrogen and oxygen atoms in total. The fourth-order valence-corrected chi connectivity index (χ4v) is 2.16. The third-order valence-corrected chi connectivity index (χ3v) is 3.28. The highest BCUT2D eigenvalue weighted by atomic mass is 16.6. The van der Waals surface area contributed by atoms with Crippen molar-refractivity contribution in [3.63, 3.8) is 0 Å². The van der Waals surface area contributed by atoms with Crippen molar-refractivity contribution in [3.05, 3.63) is 45.5 Å². The number of nitro benzene ring substituents is 1. The molecule has 0 aliphatic rings. The molecule has 112 valence electrons. The van der Waals surface area contributed by atoms with E-state index in [0.717, 1.165) is 11.5 Å². The summed E-state index contributed by atoms with van der Waals surface area (Å²) >= 11 is 0. The molecule has 0 saturated heterocycles. The second-order valence-corrected chi connectivity index (χ2v) is 5.40. The summed E-state index contributed by atoms with van der Waals surface area (Å²) in [7, 11) is 0. The van der Waals surface area contributed by atoms with E-state index in [1.54, 1.807) is 19.1 Å². The molecule has 0 aliphatic carbocycles. The Balaban J connectivity index is 2.25.